The molecule has 0 amide bonds. The zero-order valence-electron chi connectivity index (χ0n) is 24.1. The Morgan fingerprint density at radius 3 is 2.27 bits per heavy atom. The number of hydrogen-bond acceptors (Lipinski definition) is 3. The molecule has 0 aromatic heterocycles. The molecule has 1 N–H and O–H groups in total. The van der Waals surface area contributed by atoms with Gasteiger partial charge in [-0.3, -0.25) is 4.79 Å². The molecule has 0 radical (unpaired) electrons. The number of ether oxygens (including phenoxy) is 1. The summed E-state index contributed by atoms with van der Waals surface area (Å²) in [5.74, 6) is -1.62. The number of aryl methyl sites for hydroxylation is 1. The Morgan fingerprint density at radius 1 is 0.825 bits per heavy atom. The molecule has 0 saturated carbocycles. The molecule has 212 valence electrons. The highest BCUT2D eigenvalue weighted by atomic mass is 16.5. The summed E-state index contributed by atoms with van der Waals surface area (Å²) in [6.07, 6.45) is 11.8. The molecule has 3 unspecified atom stereocenters. The van der Waals surface area contributed by atoms with Crippen molar-refractivity contribution in [3.63, 3.8) is 0 Å². The minimum absolute atomic E-state index is 0.449. The van der Waals surface area contributed by atoms with Crippen molar-refractivity contribution in [2.24, 2.45) is 5.92 Å². The lowest BCUT2D eigenvalue weighted by atomic mass is 9.81. The second-order valence-corrected chi connectivity index (χ2v) is 11.2. The van der Waals surface area contributed by atoms with E-state index in [-0.39, 0.29) is 0 Å². The van der Waals surface area contributed by atoms with Gasteiger partial charge in [0.05, 0.1) is 11.5 Å². The molecule has 0 spiro atoms. The average molecular weight is 541 g/mol. The minimum Gasteiger partial charge on any atom is -0.481 e. The Hall–Kier alpha value is -3.40. The monoisotopic (exact) mass is 540 g/mol. The lowest BCUT2D eigenvalue weighted by Crippen LogP contribution is -2.30. The molecular weight excluding hydrogens is 496 g/mol. The molecule has 4 rings (SSSR count). The first-order valence-electron chi connectivity index (χ1n) is 15.2. The topological polar surface area (TPSA) is 63.6 Å². The third-order valence-corrected chi connectivity index (χ3v) is 8.39. The van der Waals surface area contributed by atoms with Gasteiger partial charge in [0.2, 0.25) is 0 Å². The fraction of sp³-hybridized carbons (Fsp3) is 0.444. The van der Waals surface area contributed by atoms with Gasteiger partial charge in [0.15, 0.2) is 0 Å². The lowest BCUT2D eigenvalue weighted by Gasteiger charge is -2.30. The summed E-state index contributed by atoms with van der Waals surface area (Å²) in [7, 11) is 0. The van der Waals surface area contributed by atoms with Crippen molar-refractivity contribution in [3.8, 4) is 11.1 Å². The van der Waals surface area contributed by atoms with Crippen molar-refractivity contribution in [3.05, 3.63) is 95.1 Å². The van der Waals surface area contributed by atoms with E-state index < -0.39 is 24.0 Å². The molecule has 4 nitrogen and oxygen atoms in total. The first-order valence-corrected chi connectivity index (χ1v) is 15.2. The number of carbonyl (C=O) groups excluding carboxylic acids is 1. The Bertz CT molecular complexity index is 1250. The van der Waals surface area contributed by atoms with Crippen molar-refractivity contribution in [2.45, 2.75) is 96.5 Å². The number of carboxylic acid groups (broad SMARTS) is 1. The third-order valence-electron chi connectivity index (χ3n) is 8.39. The van der Waals surface area contributed by atoms with E-state index in [0.717, 1.165) is 22.3 Å². The van der Waals surface area contributed by atoms with Gasteiger partial charge < -0.3 is 9.84 Å². The van der Waals surface area contributed by atoms with Crippen molar-refractivity contribution in [1.82, 2.24) is 0 Å². The minimum atomic E-state index is -0.932. The molecule has 0 fully saturated rings. The summed E-state index contributed by atoms with van der Waals surface area (Å²) in [5.41, 5.74) is 5.43. The van der Waals surface area contributed by atoms with Crippen LogP contribution < -0.4 is 0 Å². The predicted octanol–water partition coefficient (Wildman–Crippen LogP) is 9.53. The fourth-order valence-electron chi connectivity index (χ4n) is 6.14. The number of unbranched alkanes of at least 4 members (excludes halogenated alkanes) is 5. The number of aliphatic carboxylic acids is 1. The summed E-state index contributed by atoms with van der Waals surface area (Å²) in [6.45, 7) is 4.51. The van der Waals surface area contributed by atoms with Gasteiger partial charge in [0.1, 0.15) is 6.10 Å². The van der Waals surface area contributed by atoms with Crippen LogP contribution in [-0.2, 0) is 16.0 Å². The van der Waals surface area contributed by atoms with Crippen LogP contribution >= 0.6 is 0 Å². The molecule has 1 aliphatic carbocycles. The van der Waals surface area contributed by atoms with Crippen LogP contribution in [0.25, 0.3) is 11.1 Å². The van der Waals surface area contributed by atoms with E-state index in [9.17, 15) is 14.7 Å². The summed E-state index contributed by atoms with van der Waals surface area (Å²) >= 11 is 0. The van der Waals surface area contributed by atoms with Crippen LogP contribution in [0, 0.1) is 5.92 Å². The number of carboxylic acids is 1. The van der Waals surface area contributed by atoms with Gasteiger partial charge >= 0.3 is 11.9 Å². The van der Waals surface area contributed by atoms with Gasteiger partial charge in [-0.2, -0.15) is 0 Å². The summed E-state index contributed by atoms with van der Waals surface area (Å²) in [6, 6.07) is 23.8. The van der Waals surface area contributed by atoms with E-state index in [1.807, 2.05) is 42.5 Å². The van der Waals surface area contributed by atoms with Gasteiger partial charge in [0.25, 0.3) is 0 Å². The van der Waals surface area contributed by atoms with Crippen LogP contribution in [0.3, 0.4) is 0 Å². The number of hydrogen-bond donors (Lipinski definition) is 1. The van der Waals surface area contributed by atoms with E-state index in [1.54, 1.807) is 6.07 Å². The second-order valence-electron chi connectivity index (χ2n) is 11.2. The zero-order chi connectivity index (χ0) is 28.3. The van der Waals surface area contributed by atoms with E-state index in [1.165, 1.54) is 63.4 Å². The Balaban J connectivity index is 1.50. The largest absolute Gasteiger partial charge is 0.481 e. The van der Waals surface area contributed by atoms with Gasteiger partial charge in [-0.1, -0.05) is 126 Å². The third kappa shape index (κ3) is 7.41. The van der Waals surface area contributed by atoms with Crippen LogP contribution in [0.5, 0.6) is 0 Å². The molecule has 3 aromatic carbocycles. The molecule has 0 saturated heterocycles. The molecule has 3 atom stereocenters. The summed E-state index contributed by atoms with van der Waals surface area (Å²) < 4.78 is 5.99. The van der Waals surface area contributed by atoms with E-state index >= 15 is 0 Å². The zero-order valence-corrected chi connectivity index (χ0v) is 24.1. The van der Waals surface area contributed by atoms with Gasteiger partial charge in [-0.05, 0) is 65.5 Å². The van der Waals surface area contributed by atoms with Crippen LogP contribution in [0.4, 0.5) is 0 Å². The first kappa shape index (κ1) is 29.6. The van der Waals surface area contributed by atoms with Gasteiger partial charge in [-0.25, -0.2) is 4.79 Å². The number of carbonyl (C=O) groups is 2. The lowest BCUT2D eigenvalue weighted by molar-refractivity contribution is -0.146. The number of rotatable bonds is 14. The van der Waals surface area contributed by atoms with Gasteiger partial charge in [-0.15, -0.1) is 0 Å². The normalized spacial score (nSPS) is 17.1. The highest BCUT2D eigenvalue weighted by molar-refractivity contribution is 5.97. The average Bonchev–Trinajstić information content (AvgIpc) is 2.98. The Morgan fingerprint density at radius 2 is 1.52 bits per heavy atom. The van der Waals surface area contributed by atoms with Crippen LogP contribution in [-0.4, -0.2) is 17.0 Å². The van der Waals surface area contributed by atoms with E-state index in [0.29, 0.717) is 24.3 Å². The number of fused-ring (bicyclic) bond motifs is 1. The van der Waals surface area contributed by atoms with Crippen molar-refractivity contribution < 1.29 is 19.4 Å². The van der Waals surface area contributed by atoms with Gasteiger partial charge in [0, 0.05) is 0 Å². The summed E-state index contributed by atoms with van der Waals surface area (Å²) in [4.78, 5) is 25.6. The Kier molecular flexibility index (Phi) is 11.0. The maximum absolute atomic E-state index is 13.5. The second kappa shape index (κ2) is 14.8. The highest BCUT2D eigenvalue weighted by Gasteiger charge is 2.37. The SMILES string of the molecule is CCCCCCCCC(CCC)c1ccc(-c2ccccc2C(=O)OC2c3ccccc3CCC2C(=O)O)cc1. The predicted molar refractivity (Wildman–Crippen MR) is 162 cm³/mol. The van der Waals surface area contributed by atoms with E-state index in [4.69, 9.17) is 4.74 Å². The molecule has 0 aliphatic heterocycles. The van der Waals surface area contributed by atoms with Crippen molar-refractivity contribution >= 4 is 11.9 Å². The highest BCUT2D eigenvalue weighted by Crippen LogP contribution is 2.39. The molecule has 0 bridgehead atoms. The van der Waals surface area contributed by atoms with Crippen molar-refractivity contribution in [1.29, 1.82) is 0 Å². The molecule has 3 aromatic rings. The molecule has 4 heteroatoms. The first-order chi connectivity index (χ1) is 19.5. The summed E-state index contributed by atoms with van der Waals surface area (Å²) in [5, 5.41) is 9.87. The van der Waals surface area contributed by atoms with Crippen LogP contribution in [0.15, 0.2) is 72.8 Å². The molecule has 40 heavy (non-hydrogen) atoms. The number of benzene rings is 3. The number of esters is 1. The smallest absolute Gasteiger partial charge is 0.339 e. The Labute approximate surface area is 239 Å². The molecule has 0 heterocycles. The van der Waals surface area contributed by atoms with Crippen molar-refractivity contribution in [2.75, 3.05) is 0 Å². The quantitative estimate of drug-likeness (QED) is 0.163. The maximum Gasteiger partial charge on any atom is 0.339 e. The maximum atomic E-state index is 13.5. The molecular formula is C36H44O4. The standard InChI is InChI=1S/C36H44O4/c1-3-5-6-7-8-9-15-26(14-4-2)27-20-22-29(23-21-27)30-17-12-13-19-32(30)36(39)40-34-31-18-11-10-16-28(31)24-25-33(34)35(37)38/h10-13,16-23,26,33-34H,3-9,14-15,24-25H2,1-2H3,(H,37,38). The van der Waals surface area contributed by atoms with Crippen LogP contribution in [0.2, 0.25) is 0 Å². The molecule has 1 aliphatic rings. The van der Waals surface area contributed by atoms with E-state index in [2.05, 4.69) is 38.1 Å². The van der Waals surface area contributed by atoms with Crippen LogP contribution in [0.1, 0.15) is 117 Å². The fourth-order valence-corrected chi connectivity index (χ4v) is 6.14.